The van der Waals surface area contributed by atoms with E-state index in [2.05, 4.69) is 27.1 Å². The summed E-state index contributed by atoms with van der Waals surface area (Å²) in [4.78, 5) is 77.6. The second-order valence-electron chi connectivity index (χ2n) is 7.94. The highest BCUT2D eigenvalue weighted by atomic mass is 32.1. The van der Waals surface area contributed by atoms with Crippen LogP contribution in [-0.4, -0.2) is 111 Å². The third kappa shape index (κ3) is 26.2. The van der Waals surface area contributed by atoms with E-state index in [1.165, 1.54) is 0 Å². The van der Waals surface area contributed by atoms with Gasteiger partial charge in [-0.05, 0) is 25.7 Å². The van der Waals surface area contributed by atoms with Crippen LogP contribution in [0.1, 0.15) is 38.5 Å². The number of amides is 1. The number of thiol groups is 1. The van der Waals surface area contributed by atoms with Gasteiger partial charge in [0.1, 0.15) is 18.1 Å². The molecular weight excluding hydrogens is 590 g/mol. The number of primary amides is 1. The van der Waals surface area contributed by atoms with Crippen molar-refractivity contribution in [2.75, 3.05) is 18.9 Å². The van der Waals surface area contributed by atoms with Gasteiger partial charge in [-0.2, -0.15) is 12.6 Å². The van der Waals surface area contributed by atoms with E-state index in [1.807, 2.05) is 0 Å². The van der Waals surface area contributed by atoms with Gasteiger partial charge in [0, 0.05) is 19.4 Å². The Hall–Kier alpha value is -4.05. The van der Waals surface area contributed by atoms with Crippen molar-refractivity contribution in [3.05, 3.63) is 0 Å². The van der Waals surface area contributed by atoms with Crippen molar-refractivity contribution in [2.45, 2.75) is 62.8 Å². The van der Waals surface area contributed by atoms with Gasteiger partial charge in [-0.15, -0.1) is 0 Å². The maximum Gasteiger partial charge on any atom is 0.347 e. The topological polar surface area (TPSA) is 387 Å². The third-order valence-electron chi connectivity index (χ3n) is 4.32. The fourth-order valence-electron chi connectivity index (χ4n) is 2.06. The van der Waals surface area contributed by atoms with E-state index >= 15 is 0 Å². The molecule has 20 nitrogen and oxygen atoms in total. The van der Waals surface area contributed by atoms with Crippen molar-refractivity contribution >= 4 is 60.3 Å². The van der Waals surface area contributed by atoms with Gasteiger partial charge in [-0.3, -0.25) is 29.0 Å². The minimum absolute atomic E-state index is 0.0213. The maximum absolute atomic E-state index is 11.5. The van der Waals surface area contributed by atoms with Crippen LogP contribution >= 0.6 is 12.6 Å². The molecule has 0 radical (unpaired) electrons. The lowest BCUT2D eigenvalue weighted by molar-refractivity contribution is -0.164. The number of carbonyl (C=O) groups is 7. The van der Waals surface area contributed by atoms with Crippen LogP contribution in [0.15, 0.2) is 4.99 Å². The van der Waals surface area contributed by atoms with Crippen LogP contribution in [0.3, 0.4) is 0 Å². The molecule has 0 rings (SSSR count). The number of aliphatic carboxylic acids is 3. The summed E-state index contributed by atoms with van der Waals surface area (Å²) < 4.78 is 8.73. The first-order valence-corrected chi connectivity index (χ1v) is 12.5. The minimum Gasteiger partial charge on any atom is -0.480 e. The number of carboxylic acid groups (broad SMARTS) is 3. The number of nitrogens with two attached hydrogens (primary N) is 6. The highest BCUT2D eigenvalue weighted by Crippen LogP contribution is 2.02. The zero-order chi connectivity index (χ0) is 33.4. The molecule has 0 aromatic rings. The molecular formula is C21H39N7O13S. The van der Waals surface area contributed by atoms with Crippen LogP contribution in [0.2, 0.25) is 0 Å². The molecule has 16 N–H and O–H groups in total. The fraction of sp³-hybridized carbons (Fsp3) is 0.619. The first-order chi connectivity index (χ1) is 19.4. The zero-order valence-corrected chi connectivity index (χ0v) is 23.4. The van der Waals surface area contributed by atoms with E-state index in [1.54, 1.807) is 0 Å². The number of nitrogens with zero attached hydrogens (tertiary/aromatic N) is 1. The second kappa shape index (κ2) is 24.7. The molecule has 0 bridgehead atoms. The number of rotatable bonds is 17. The Labute approximate surface area is 245 Å². The quantitative estimate of drug-likeness (QED) is 0.0179. The lowest BCUT2D eigenvalue weighted by Gasteiger charge is -2.10. The molecule has 0 aliphatic heterocycles. The fourth-order valence-corrected chi connectivity index (χ4v) is 2.13. The molecule has 0 aliphatic rings. The number of carbonyl (C=O) groups excluding carboxylic acids is 4. The van der Waals surface area contributed by atoms with Crippen molar-refractivity contribution in [2.24, 2.45) is 39.4 Å². The molecule has 42 heavy (non-hydrogen) atoms. The summed E-state index contributed by atoms with van der Waals surface area (Å²) in [5.41, 5.74) is 30.8. The number of ether oxygens (including phenoxy) is 2. The van der Waals surface area contributed by atoms with Crippen molar-refractivity contribution in [3.63, 3.8) is 0 Å². The van der Waals surface area contributed by atoms with Gasteiger partial charge < -0.3 is 64.3 Å². The lowest BCUT2D eigenvalue weighted by atomic mass is 10.1. The average molecular weight is 630 g/mol. The molecule has 1 unspecified atom stereocenters. The maximum atomic E-state index is 11.5. The summed E-state index contributed by atoms with van der Waals surface area (Å²) in [6.45, 7) is -0.417. The highest BCUT2D eigenvalue weighted by molar-refractivity contribution is 7.81. The number of hydrogen-bond donors (Lipinski definition) is 11. The molecule has 0 saturated heterocycles. The molecule has 4 atom stereocenters. The predicted octanol–water partition coefficient (Wildman–Crippen LogP) is -4.80. The van der Waals surface area contributed by atoms with Gasteiger partial charge in [-0.25, -0.2) is 9.59 Å². The number of aliphatic imine (C=N–C) groups is 1. The Morgan fingerprint density at radius 1 is 0.738 bits per heavy atom. The van der Waals surface area contributed by atoms with E-state index in [-0.39, 0.29) is 43.8 Å². The summed E-state index contributed by atoms with van der Waals surface area (Å²) in [6.07, 6.45) is -1.06. The van der Waals surface area contributed by atoms with Crippen LogP contribution < -0.4 is 34.4 Å². The highest BCUT2D eigenvalue weighted by Gasteiger charge is 2.21. The monoisotopic (exact) mass is 629 g/mol. The lowest BCUT2D eigenvalue weighted by Crippen LogP contribution is -2.35. The first-order valence-electron chi connectivity index (χ1n) is 11.8. The number of guanidine groups is 1. The Balaban J connectivity index is -0.000000607. The van der Waals surface area contributed by atoms with E-state index in [0.29, 0.717) is 13.0 Å². The van der Waals surface area contributed by atoms with Gasteiger partial charge in [-0.1, -0.05) is 0 Å². The van der Waals surface area contributed by atoms with Crippen molar-refractivity contribution in [1.29, 1.82) is 0 Å². The molecule has 21 heteroatoms. The van der Waals surface area contributed by atoms with E-state index < -0.39 is 72.6 Å². The normalized spacial score (nSPS) is 12.7. The largest absolute Gasteiger partial charge is 0.480 e. The summed E-state index contributed by atoms with van der Waals surface area (Å²) in [5, 5.41) is 33.4. The summed E-state index contributed by atoms with van der Waals surface area (Å²) >= 11 is 3.55. The molecule has 0 spiro atoms. The average Bonchev–Trinajstić information content (AvgIpc) is 2.91. The number of esters is 3. The molecule has 242 valence electrons. The number of aliphatic hydroxyl groups is 1. The smallest absolute Gasteiger partial charge is 0.347 e. The minimum atomic E-state index is -1.48. The molecule has 0 fully saturated rings. The standard InChI is InChI=1S/C11H21N5O5.C5H10N2O3.C5H8O5S/c12-6(9(18)19)3-4-8(17)21-10(20)7(13)2-1-5-16-11(14)15;6-3(5(9)10)1-2-4(7)8;6-1-3(5(8)9)10-4(7)2-11/h6-7H,1-5,12-13H2,(H,18,19)(H4,14,15,16);3H,1-2,6H2,(H2,7,8)(H,9,10);3,6,11H,1-2H2,(H,8,9)/t6-,7-;3-;/m00./s1. The Bertz CT molecular complexity index is 932. The second-order valence-corrected chi connectivity index (χ2v) is 8.26. The van der Waals surface area contributed by atoms with Gasteiger partial charge in [0.15, 0.2) is 5.96 Å². The van der Waals surface area contributed by atoms with E-state index in [4.69, 9.17) is 54.8 Å². The van der Waals surface area contributed by atoms with E-state index in [9.17, 15) is 33.6 Å². The third-order valence-corrected chi connectivity index (χ3v) is 4.58. The van der Waals surface area contributed by atoms with Crippen LogP contribution in [0.5, 0.6) is 0 Å². The van der Waals surface area contributed by atoms with Crippen molar-refractivity contribution < 1.29 is 63.5 Å². The zero-order valence-electron chi connectivity index (χ0n) is 22.5. The predicted molar refractivity (Wildman–Crippen MR) is 146 cm³/mol. The van der Waals surface area contributed by atoms with Crippen molar-refractivity contribution in [3.8, 4) is 0 Å². The van der Waals surface area contributed by atoms with Crippen LogP contribution in [-0.2, 0) is 43.0 Å². The number of hydrogen-bond acceptors (Lipinski definition) is 15. The molecule has 0 aromatic heterocycles. The van der Waals surface area contributed by atoms with Crippen LogP contribution in [0.25, 0.3) is 0 Å². The van der Waals surface area contributed by atoms with Gasteiger partial charge in [0.05, 0.1) is 12.4 Å². The molecule has 0 saturated carbocycles. The molecule has 0 heterocycles. The Morgan fingerprint density at radius 3 is 1.62 bits per heavy atom. The summed E-state index contributed by atoms with van der Waals surface area (Å²) in [6, 6.07) is -3.13. The van der Waals surface area contributed by atoms with Crippen LogP contribution in [0, 0.1) is 0 Å². The Morgan fingerprint density at radius 2 is 1.24 bits per heavy atom. The van der Waals surface area contributed by atoms with Crippen LogP contribution in [0.4, 0.5) is 0 Å². The van der Waals surface area contributed by atoms with Gasteiger partial charge in [0.25, 0.3) is 0 Å². The first kappa shape index (κ1) is 42.4. The summed E-state index contributed by atoms with van der Waals surface area (Å²) in [7, 11) is 0. The Kier molecular flexibility index (Phi) is 25.0. The van der Waals surface area contributed by atoms with E-state index in [0.717, 1.165) is 0 Å². The molecule has 0 aliphatic carbocycles. The molecule has 0 aromatic carbocycles. The SMILES string of the molecule is NC(=O)CC[C@H](N)C(=O)O.NC(N)=NCCC[C@H](N)C(=O)OC(=O)CC[C@H](N)C(=O)O.O=C(CS)OC(CO)C(=O)O. The molecule has 1 amide bonds. The number of aliphatic hydroxyl groups excluding tert-OH is 1. The number of carboxylic acids is 3. The van der Waals surface area contributed by atoms with Gasteiger partial charge in [0.2, 0.25) is 12.0 Å². The van der Waals surface area contributed by atoms with Gasteiger partial charge >= 0.3 is 35.8 Å². The van der Waals surface area contributed by atoms with Crippen molar-refractivity contribution in [1.82, 2.24) is 0 Å². The summed E-state index contributed by atoms with van der Waals surface area (Å²) in [5.74, 6) is -7.02.